The molecule has 1 saturated heterocycles. The molecule has 1 amide bonds. The van der Waals surface area contributed by atoms with Gasteiger partial charge >= 0.3 is 0 Å². The standard InChI is InChI=1S/C15H23N3O/c1-15(11-16)8-9-18(12-15)10-14(19)17(2)13-6-4-3-5-7-13/h3-7H,8-12,16H2,1-2H3. The van der Waals surface area contributed by atoms with Crippen molar-refractivity contribution in [1.29, 1.82) is 0 Å². The smallest absolute Gasteiger partial charge is 0.240 e. The van der Waals surface area contributed by atoms with Crippen LogP contribution in [0.5, 0.6) is 0 Å². The molecule has 19 heavy (non-hydrogen) atoms. The van der Waals surface area contributed by atoms with Crippen molar-refractivity contribution in [3.63, 3.8) is 0 Å². The predicted molar refractivity (Wildman–Crippen MR) is 78.1 cm³/mol. The maximum absolute atomic E-state index is 12.3. The lowest BCUT2D eigenvalue weighted by atomic mass is 9.90. The molecule has 1 heterocycles. The van der Waals surface area contributed by atoms with Gasteiger partial charge in [0.25, 0.3) is 0 Å². The van der Waals surface area contributed by atoms with Gasteiger partial charge in [-0.15, -0.1) is 0 Å². The van der Waals surface area contributed by atoms with E-state index in [1.165, 1.54) is 0 Å². The number of rotatable bonds is 4. The molecule has 0 radical (unpaired) electrons. The average Bonchev–Trinajstić information content (AvgIpc) is 2.81. The molecular weight excluding hydrogens is 238 g/mol. The topological polar surface area (TPSA) is 49.6 Å². The Kier molecular flexibility index (Phi) is 4.22. The van der Waals surface area contributed by atoms with Gasteiger partial charge in [0.1, 0.15) is 0 Å². The van der Waals surface area contributed by atoms with Gasteiger partial charge in [0, 0.05) is 19.3 Å². The highest BCUT2D eigenvalue weighted by atomic mass is 16.2. The predicted octanol–water partition coefficient (Wildman–Crippen LogP) is 1.32. The van der Waals surface area contributed by atoms with Crippen LogP contribution >= 0.6 is 0 Å². The number of benzene rings is 1. The van der Waals surface area contributed by atoms with Crippen molar-refractivity contribution in [3.8, 4) is 0 Å². The first-order chi connectivity index (χ1) is 9.04. The normalized spacial score (nSPS) is 23.5. The summed E-state index contributed by atoms with van der Waals surface area (Å²) in [5.74, 6) is 0.132. The fourth-order valence-electron chi connectivity index (χ4n) is 2.52. The van der Waals surface area contributed by atoms with Crippen molar-refractivity contribution in [2.75, 3.05) is 38.1 Å². The van der Waals surface area contributed by atoms with E-state index in [-0.39, 0.29) is 11.3 Å². The van der Waals surface area contributed by atoms with Gasteiger partial charge in [-0.05, 0) is 37.1 Å². The molecule has 1 aromatic rings. The molecule has 4 heteroatoms. The van der Waals surface area contributed by atoms with Gasteiger partial charge in [-0.2, -0.15) is 0 Å². The van der Waals surface area contributed by atoms with E-state index in [4.69, 9.17) is 5.73 Å². The van der Waals surface area contributed by atoms with Crippen molar-refractivity contribution in [2.45, 2.75) is 13.3 Å². The largest absolute Gasteiger partial charge is 0.330 e. The van der Waals surface area contributed by atoms with Crippen LogP contribution in [-0.2, 0) is 4.79 Å². The minimum absolute atomic E-state index is 0.132. The van der Waals surface area contributed by atoms with Crippen LogP contribution in [0, 0.1) is 5.41 Å². The van der Waals surface area contributed by atoms with Crippen LogP contribution in [0.15, 0.2) is 30.3 Å². The van der Waals surface area contributed by atoms with Crippen LogP contribution in [-0.4, -0.2) is 44.0 Å². The van der Waals surface area contributed by atoms with Crippen LogP contribution in [0.4, 0.5) is 5.69 Å². The van der Waals surface area contributed by atoms with Crippen LogP contribution in [0.25, 0.3) is 0 Å². The molecule has 0 aliphatic carbocycles. The van der Waals surface area contributed by atoms with E-state index in [9.17, 15) is 4.79 Å². The summed E-state index contributed by atoms with van der Waals surface area (Å²) < 4.78 is 0. The Morgan fingerprint density at radius 3 is 2.68 bits per heavy atom. The van der Waals surface area contributed by atoms with E-state index in [2.05, 4.69) is 11.8 Å². The Morgan fingerprint density at radius 2 is 2.11 bits per heavy atom. The number of para-hydroxylation sites is 1. The number of nitrogens with two attached hydrogens (primary N) is 1. The van der Waals surface area contributed by atoms with Crippen LogP contribution in [0.2, 0.25) is 0 Å². The van der Waals surface area contributed by atoms with E-state index in [1.54, 1.807) is 4.90 Å². The maximum atomic E-state index is 12.3. The quantitative estimate of drug-likeness (QED) is 0.889. The number of carbonyl (C=O) groups is 1. The van der Waals surface area contributed by atoms with E-state index < -0.39 is 0 Å². The summed E-state index contributed by atoms with van der Waals surface area (Å²) in [5, 5.41) is 0. The van der Waals surface area contributed by atoms with E-state index in [0.717, 1.165) is 25.2 Å². The van der Waals surface area contributed by atoms with Gasteiger partial charge in [-0.1, -0.05) is 25.1 Å². The summed E-state index contributed by atoms with van der Waals surface area (Å²) >= 11 is 0. The van der Waals surface area contributed by atoms with Crippen molar-refractivity contribution in [3.05, 3.63) is 30.3 Å². The molecular formula is C15H23N3O. The maximum Gasteiger partial charge on any atom is 0.240 e. The van der Waals surface area contributed by atoms with Crippen LogP contribution in [0.3, 0.4) is 0 Å². The molecule has 4 nitrogen and oxygen atoms in total. The number of hydrogen-bond acceptors (Lipinski definition) is 3. The lowest BCUT2D eigenvalue weighted by Crippen LogP contribution is -2.39. The zero-order valence-electron chi connectivity index (χ0n) is 11.8. The van der Waals surface area contributed by atoms with Gasteiger partial charge < -0.3 is 10.6 Å². The second kappa shape index (κ2) is 5.72. The van der Waals surface area contributed by atoms with E-state index in [1.807, 2.05) is 37.4 Å². The molecule has 1 aliphatic rings. The fourth-order valence-corrected chi connectivity index (χ4v) is 2.52. The minimum atomic E-state index is 0.132. The van der Waals surface area contributed by atoms with Gasteiger partial charge in [-0.25, -0.2) is 0 Å². The molecule has 104 valence electrons. The number of carbonyl (C=O) groups excluding carboxylic acids is 1. The summed E-state index contributed by atoms with van der Waals surface area (Å²) in [5.41, 5.74) is 6.90. The summed E-state index contributed by atoms with van der Waals surface area (Å²) in [6.45, 7) is 5.23. The molecule has 1 fully saturated rings. The number of likely N-dealkylation sites (N-methyl/N-ethyl adjacent to an activating group) is 1. The van der Waals surface area contributed by atoms with Crippen molar-refractivity contribution in [1.82, 2.24) is 4.90 Å². The van der Waals surface area contributed by atoms with Crippen LogP contribution < -0.4 is 10.6 Å². The third-order valence-corrected chi connectivity index (χ3v) is 4.01. The molecule has 1 unspecified atom stereocenters. The first-order valence-electron chi connectivity index (χ1n) is 6.78. The average molecular weight is 261 g/mol. The lowest BCUT2D eigenvalue weighted by molar-refractivity contribution is -0.119. The third kappa shape index (κ3) is 3.33. The summed E-state index contributed by atoms with van der Waals surface area (Å²) in [6.07, 6.45) is 1.08. The monoisotopic (exact) mass is 261 g/mol. The SMILES string of the molecule is CN(C(=O)CN1CCC(C)(CN)C1)c1ccccc1. The zero-order valence-corrected chi connectivity index (χ0v) is 11.8. The highest BCUT2D eigenvalue weighted by molar-refractivity contribution is 5.94. The summed E-state index contributed by atoms with van der Waals surface area (Å²) in [7, 11) is 1.83. The molecule has 1 aromatic carbocycles. The van der Waals surface area contributed by atoms with Crippen LogP contribution in [0.1, 0.15) is 13.3 Å². The van der Waals surface area contributed by atoms with Crippen molar-refractivity contribution in [2.24, 2.45) is 11.1 Å². The van der Waals surface area contributed by atoms with Gasteiger partial charge in [0.15, 0.2) is 0 Å². The zero-order chi connectivity index (χ0) is 13.9. The molecule has 1 aliphatic heterocycles. The Bertz CT molecular complexity index is 434. The van der Waals surface area contributed by atoms with Gasteiger partial charge in [-0.3, -0.25) is 9.69 Å². The molecule has 0 spiro atoms. The number of anilines is 1. The van der Waals surface area contributed by atoms with E-state index in [0.29, 0.717) is 13.1 Å². The Hall–Kier alpha value is -1.39. The Labute approximate surface area is 115 Å². The molecule has 2 rings (SSSR count). The Balaban J connectivity index is 1.92. The first kappa shape index (κ1) is 14.0. The second-order valence-electron chi connectivity index (χ2n) is 5.76. The van der Waals surface area contributed by atoms with Crippen molar-refractivity contribution >= 4 is 11.6 Å². The van der Waals surface area contributed by atoms with Gasteiger partial charge in [0.05, 0.1) is 6.54 Å². The molecule has 0 bridgehead atoms. The third-order valence-electron chi connectivity index (χ3n) is 4.01. The number of amides is 1. The van der Waals surface area contributed by atoms with Crippen molar-refractivity contribution < 1.29 is 4.79 Å². The van der Waals surface area contributed by atoms with E-state index >= 15 is 0 Å². The highest BCUT2D eigenvalue weighted by Crippen LogP contribution is 2.28. The number of hydrogen-bond donors (Lipinski definition) is 1. The lowest BCUT2D eigenvalue weighted by Gasteiger charge is -2.24. The molecule has 1 atom stereocenters. The first-order valence-corrected chi connectivity index (χ1v) is 6.78. The fraction of sp³-hybridized carbons (Fsp3) is 0.533. The Morgan fingerprint density at radius 1 is 1.42 bits per heavy atom. The number of nitrogens with zero attached hydrogens (tertiary/aromatic N) is 2. The van der Waals surface area contributed by atoms with Gasteiger partial charge in [0.2, 0.25) is 5.91 Å². The summed E-state index contributed by atoms with van der Waals surface area (Å²) in [4.78, 5) is 16.2. The highest BCUT2D eigenvalue weighted by Gasteiger charge is 2.33. The second-order valence-corrected chi connectivity index (χ2v) is 5.76. The molecule has 2 N–H and O–H groups in total. The number of likely N-dealkylation sites (tertiary alicyclic amines) is 1. The summed E-state index contributed by atoms with van der Waals surface area (Å²) in [6, 6.07) is 9.74. The molecule has 0 saturated carbocycles. The minimum Gasteiger partial charge on any atom is -0.330 e. The molecule has 0 aromatic heterocycles.